The van der Waals surface area contributed by atoms with Crippen LogP contribution in [-0.2, 0) is 11.0 Å². The predicted molar refractivity (Wildman–Crippen MR) is 69.5 cm³/mol. The Morgan fingerprint density at radius 1 is 1.06 bits per heavy atom. The first-order chi connectivity index (χ1) is 7.27. The molecule has 0 aliphatic carbocycles. The Balaban J connectivity index is 2.99. The third kappa shape index (κ3) is 2.96. The van der Waals surface area contributed by atoms with Gasteiger partial charge in [0, 0.05) is 0 Å². The van der Waals surface area contributed by atoms with Crippen molar-refractivity contribution in [3.8, 4) is 0 Å². The van der Waals surface area contributed by atoms with E-state index in [2.05, 4.69) is 39.5 Å². The Bertz CT molecular complexity index is 352. The molecule has 1 atom stereocenters. The SMILES string of the molecule is C=CC[C@](C)(O)c1ccc(C(C)(C)C)cc1. The summed E-state index contributed by atoms with van der Waals surface area (Å²) in [5.74, 6) is 0. The number of rotatable bonds is 3. The van der Waals surface area contributed by atoms with Crippen molar-refractivity contribution in [2.45, 2.75) is 45.1 Å². The molecule has 88 valence electrons. The first kappa shape index (κ1) is 13.0. The van der Waals surface area contributed by atoms with Gasteiger partial charge in [0.2, 0.25) is 0 Å². The van der Waals surface area contributed by atoms with Gasteiger partial charge < -0.3 is 5.11 Å². The van der Waals surface area contributed by atoms with Crippen molar-refractivity contribution < 1.29 is 5.11 Å². The molecule has 1 nitrogen and oxygen atoms in total. The van der Waals surface area contributed by atoms with Crippen molar-refractivity contribution in [2.24, 2.45) is 0 Å². The van der Waals surface area contributed by atoms with E-state index in [-0.39, 0.29) is 5.41 Å². The second kappa shape index (κ2) is 4.42. The summed E-state index contributed by atoms with van der Waals surface area (Å²) in [6.07, 6.45) is 2.32. The topological polar surface area (TPSA) is 20.2 Å². The Kier molecular flexibility index (Phi) is 3.59. The normalized spacial score (nSPS) is 15.6. The lowest BCUT2D eigenvalue weighted by Gasteiger charge is -2.24. The monoisotopic (exact) mass is 218 g/mol. The zero-order chi connectivity index (χ0) is 12.4. The van der Waals surface area contributed by atoms with Crippen LogP contribution in [0, 0.1) is 0 Å². The lowest BCUT2D eigenvalue weighted by atomic mass is 9.84. The van der Waals surface area contributed by atoms with E-state index in [0.717, 1.165) is 5.56 Å². The van der Waals surface area contributed by atoms with Crippen molar-refractivity contribution in [3.05, 3.63) is 48.0 Å². The maximum absolute atomic E-state index is 10.2. The summed E-state index contributed by atoms with van der Waals surface area (Å²) in [5, 5.41) is 10.2. The molecule has 1 rings (SSSR count). The Morgan fingerprint density at radius 2 is 1.50 bits per heavy atom. The van der Waals surface area contributed by atoms with E-state index >= 15 is 0 Å². The van der Waals surface area contributed by atoms with Gasteiger partial charge in [-0.3, -0.25) is 0 Å². The highest BCUT2D eigenvalue weighted by Crippen LogP contribution is 2.28. The van der Waals surface area contributed by atoms with E-state index in [1.807, 2.05) is 19.1 Å². The van der Waals surface area contributed by atoms with Crippen LogP contribution in [0.2, 0.25) is 0 Å². The van der Waals surface area contributed by atoms with E-state index in [1.165, 1.54) is 5.56 Å². The molecule has 0 saturated heterocycles. The number of benzene rings is 1. The van der Waals surface area contributed by atoms with Crippen molar-refractivity contribution in [1.82, 2.24) is 0 Å². The van der Waals surface area contributed by atoms with Crippen LogP contribution >= 0.6 is 0 Å². The van der Waals surface area contributed by atoms with E-state index in [4.69, 9.17) is 0 Å². The van der Waals surface area contributed by atoms with E-state index in [0.29, 0.717) is 6.42 Å². The average Bonchev–Trinajstić information content (AvgIpc) is 2.16. The Labute approximate surface area is 98.8 Å². The second-order valence-electron chi connectivity index (χ2n) is 5.59. The highest BCUT2D eigenvalue weighted by atomic mass is 16.3. The van der Waals surface area contributed by atoms with Gasteiger partial charge in [0.15, 0.2) is 0 Å². The van der Waals surface area contributed by atoms with E-state index < -0.39 is 5.60 Å². The summed E-state index contributed by atoms with van der Waals surface area (Å²) in [6.45, 7) is 12.0. The Hall–Kier alpha value is -1.08. The molecule has 0 unspecified atom stereocenters. The van der Waals surface area contributed by atoms with Crippen LogP contribution < -0.4 is 0 Å². The highest BCUT2D eigenvalue weighted by molar-refractivity contribution is 5.30. The minimum absolute atomic E-state index is 0.156. The summed E-state index contributed by atoms with van der Waals surface area (Å²) < 4.78 is 0. The Morgan fingerprint density at radius 3 is 1.88 bits per heavy atom. The number of aliphatic hydroxyl groups is 1. The molecule has 0 radical (unpaired) electrons. The fourth-order valence-electron chi connectivity index (χ4n) is 1.73. The minimum atomic E-state index is -0.807. The maximum atomic E-state index is 10.2. The molecule has 1 N–H and O–H groups in total. The van der Waals surface area contributed by atoms with E-state index in [9.17, 15) is 5.11 Å². The lowest BCUT2D eigenvalue weighted by molar-refractivity contribution is 0.0606. The fourth-order valence-corrected chi connectivity index (χ4v) is 1.73. The smallest absolute Gasteiger partial charge is 0.0902 e. The van der Waals surface area contributed by atoms with Crippen LogP contribution in [0.5, 0.6) is 0 Å². The summed E-state index contributed by atoms with van der Waals surface area (Å²) >= 11 is 0. The zero-order valence-corrected chi connectivity index (χ0v) is 10.7. The molecular formula is C15H22O. The molecule has 1 heteroatoms. The molecule has 0 fully saturated rings. The van der Waals surface area contributed by atoms with Gasteiger partial charge in [-0.2, -0.15) is 0 Å². The summed E-state index contributed by atoms with van der Waals surface area (Å²) in [5.41, 5.74) is 1.58. The molecule has 0 aromatic heterocycles. The quantitative estimate of drug-likeness (QED) is 0.766. The zero-order valence-electron chi connectivity index (χ0n) is 10.7. The average molecular weight is 218 g/mol. The van der Waals surface area contributed by atoms with Crippen molar-refractivity contribution >= 4 is 0 Å². The van der Waals surface area contributed by atoms with Crippen LogP contribution in [-0.4, -0.2) is 5.11 Å². The fraction of sp³-hybridized carbons (Fsp3) is 0.467. The molecule has 0 aliphatic heterocycles. The third-order valence-corrected chi connectivity index (χ3v) is 2.91. The largest absolute Gasteiger partial charge is 0.385 e. The van der Waals surface area contributed by atoms with Crippen LogP contribution in [0.3, 0.4) is 0 Å². The minimum Gasteiger partial charge on any atom is -0.385 e. The highest BCUT2D eigenvalue weighted by Gasteiger charge is 2.22. The van der Waals surface area contributed by atoms with Crippen LogP contribution in [0.4, 0.5) is 0 Å². The molecular weight excluding hydrogens is 196 g/mol. The molecule has 0 aliphatic rings. The van der Waals surface area contributed by atoms with Crippen molar-refractivity contribution in [2.75, 3.05) is 0 Å². The first-order valence-corrected chi connectivity index (χ1v) is 5.72. The van der Waals surface area contributed by atoms with Crippen LogP contribution in [0.1, 0.15) is 45.2 Å². The van der Waals surface area contributed by atoms with E-state index in [1.54, 1.807) is 6.08 Å². The van der Waals surface area contributed by atoms with Gasteiger partial charge in [0.05, 0.1) is 5.60 Å². The van der Waals surface area contributed by atoms with Gasteiger partial charge in [-0.05, 0) is 29.9 Å². The van der Waals surface area contributed by atoms with Gasteiger partial charge in [-0.15, -0.1) is 6.58 Å². The molecule has 0 amide bonds. The molecule has 16 heavy (non-hydrogen) atoms. The van der Waals surface area contributed by atoms with Gasteiger partial charge in [0.1, 0.15) is 0 Å². The van der Waals surface area contributed by atoms with Gasteiger partial charge >= 0.3 is 0 Å². The van der Waals surface area contributed by atoms with Crippen molar-refractivity contribution in [1.29, 1.82) is 0 Å². The molecule has 0 spiro atoms. The summed E-state index contributed by atoms with van der Waals surface area (Å²) in [7, 11) is 0. The van der Waals surface area contributed by atoms with Gasteiger partial charge in [-0.1, -0.05) is 51.1 Å². The summed E-state index contributed by atoms with van der Waals surface area (Å²) in [6, 6.07) is 8.19. The number of hydrogen-bond acceptors (Lipinski definition) is 1. The van der Waals surface area contributed by atoms with Crippen LogP contribution in [0.15, 0.2) is 36.9 Å². The standard InChI is InChI=1S/C15H22O/c1-6-11-15(5,16)13-9-7-12(8-10-13)14(2,3)4/h6-10,16H,1,11H2,2-5H3/t15-/m0/s1. The molecule has 0 bridgehead atoms. The van der Waals surface area contributed by atoms with Gasteiger partial charge in [0.25, 0.3) is 0 Å². The van der Waals surface area contributed by atoms with Crippen molar-refractivity contribution in [3.63, 3.8) is 0 Å². The molecule has 0 saturated carbocycles. The lowest BCUT2D eigenvalue weighted by Crippen LogP contribution is -2.20. The molecule has 1 aromatic carbocycles. The maximum Gasteiger partial charge on any atom is 0.0902 e. The molecule has 0 heterocycles. The second-order valence-corrected chi connectivity index (χ2v) is 5.59. The predicted octanol–water partition coefficient (Wildman–Crippen LogP) is 3.77. The summed E-state index contributed by atoms with van der Waals surface area (Å²) in [4.78, 5) is 0. The molecule has 1 aromatic rings. The van der Waals surface area contributed by atoms with Gasteiger partial charge in [-0.25, -0.2) is 0 Å². The third-order valence-electron chi connectivity index (χ3n) is 2.91. The van der Waals surface area contributed by atoms with Crippen LogP contribution in [0.25, 0.3) is 0 Å². The first-order valence-electron chi connectivity index (χ1n) is 5.72. The number of hydrogen-bond donors (Lipinski definition) is 1.